The number of nitrogens with zero attached hydrogens (tertiary/aromatic N) is 3. The van der Waals surface area contributed by atoms with Crippen LogP contribution in [0.25, 0.3) is 0 Å². The van der Waals surface area contributed by atoms with E-state index in [1.807, 2.05) is 0 Å². The molecule has 8 nitrogen and oxygen atoms in total. The first-order valence-electron chi connectivity index (χ1n) is 10.8. The van der Waals surface area contributed by atoms with Gasteiger partial charge in [-0.2, -0.15) is 13.9 Å². The average molecular weight is 504 g/mol. The lowest BCUT2D eigenvalue weighted by Gasteiger charge is -2.37. The Morgan fingerprint density at radius 1 is 1.17 bits per heavy atom. The fourth-order valence-corrected chi connectivity index (χ4v) is 3.79. The molecule has 3 N–H and O–H groups in total. The van der Waals surface area contributed by atoms with Crippen LogP contribution in [0.1, 0.15) is 38.8 Å². The monoisotopic (exact) mass is 504 g/mol. The van der Waals surface area contributed by atoms with Crippen molar-refractivity contribution in [1.29, 1.82) is 10.8 Å². The molecule has 1 fully saturated rings. The van der Waals surface area contributed by atoms with Crippen molar-refractivity contribution in [1.82, 2.24) is 15.2 Å². The number of hydrogen-bond acceptors (Lipinski definition) is 6. The summed E-state index contributed by atoms with van der Waals surface area (Å²) in [6.45, 7) is -0.109. The first kappa shape index (κ1) is 26.5. The van der Waals surface area contributed by atoms with Gasteiger partial charge in [-0.1, -0.05) is 6.07 Å². The molecule has 1 saturated heterocycles. The molecule has 12 heteroatoms. The highest BCUT2D eigenvalue weighted by molar-refractivity contribution is 6.07. The van der Waals surface area contributed by atoms with Gasteiger partial charge in [0.25, 0.3) is 5.91 Å². The van der Waals surface area contributed by atoms with Crippen LogP contribution in [0.4, 0.5) is 17.6 Å². The van der Waals surface area contributed by atoms with Crippen molar-refractivity contribution in [2.24, 2.45) is 5.10 Å². The smallest absolute Gasteiger partial charge is 0.301 e. The zero-order valence-electron chi connectivity index (χ0n) is 19.5. The number of piperazine rings is 1. The molecule has 1 aliphatic rings. The number of carbonyl (C=O) groups is 2. The highest BCUT2D eigenvalue weighted by atomic mass is 19.3. The van der Waals surface area contributed by atoms with Gasteiger partial charge in [0.15, 0.2) is 12.1 Å². The van der Waals surface area contributed by atoms with Crippen molar-refractivity contribution in [2.45, 2.75) is 19.3 Å². The average Bonchev–Trinajstić information content (AvgIpc) is 2.83. The highest BCUT2D eigenvalue weighted by Gasteiger charge is 2.37. The summed E-state index contributed by atoms with van der Waals surface area (Å²) in [6.07, 6.45) is 0.562. The van der Waals surface area contributed by atoms with Crippen LogP contribution < -0.4 is 5.43 Å². The minimum absolute atomic E-state index is 0.0697. The molecule has 0 atom stereocenters. The third-order valence-corrected chi connectivity index (χ3v) is 5.56. The van der Waals surface area contributed by atoms with E-state index in [0.717, 1.165) is 21.9 Å². The number of amides is 1. The van der Waals surface area contributed by atoms with Gasteiger partial charge in [-0.15, -0.1) is 0 Å². The van der Waals surface area contributed by atoms with E-state index in [4.69, 9.17) is 10.8 Å². The Kier molecular flexibility index (Phi) is 7.86. The first-order valence-corrected chi connectivity index (χ1v) is 10.8. The van der Waals surface area contributed by atoms with E-state index in [-0.39, 0.29) is 43.0 Å². The maximum absolute atomic E-state index is 14.6. The number of halogens is 4. The van der Waals surface area contributed by atoms with Crippen LogP contribution in [-0.4, -0.2) is 72.0 Å². The highest BCUT2D eigenvalue weighted by Crippen LogP contribution is 2.21. The van der Waals surface area contributed by atoms with Crippen molar-refractivity contribution in [3.63, 3.8) is 0 Å². The second-order valence-electron chi connectivity index (χ2n) is 8.18. The maximum atomic E-state index is 14.6. The zero-order chi connectivity index (χ0) is 26.6. The van der Waals surface area contributed by atoms with Gasteiger partial charge in [0.1, 0.15) is 17.5 Å². The van der Waals surface area contributed by atoms with Crippen molar-refractivity contribution in [3.05, 3.63) is 70.3 Å². The van der Waals surface area contributed by atoms with Crippen molar-refractivity contribution in [3.8, 4) is 0 Å². The maximum Gasteiger partial charge on any atom is 0.301 e. The molecule has 1 heterocycles. The summed E-state index contributed by atoms with van der Waals surface area (Å²) < 4.78 is 55.2. The van der Waals surface area contributed by atoms with Gasteiger partial charge < -0.3 is 15.2 Å². The molecule has 2 aromatic carbocycles. The Bertz CT molecular complexity index is 1240. The minimum Gasteiger partial charge on any atom is -0.329 e. The Hall–Kier alpha value is -4.09. The summed E-state index contributed by atoms with van der Waals surface area (Å²) in [5.74, 6) is -7.01. The molecule has 36 heavy (non-hydrogen) atoms. The number of benzene rings is 2. The van der Waals surface area contributed by atoms with E-state index in [9.17, 15) is 27.2 Å². The fourth-order valence-electron chi connectivity index (χ4n) is 3.79. The number of alkyl halides is 2. The van der Waals surface area contributed by atoms with Gasteiger partial charge in [0.05, 0.1) is 17.8 Å². The summed E-state index contributed by atoms with van der Waals surface area (Å²) in [5.41, 5.74) is 3.57. The lowest BCUT2D eigenvalue weighted by molar-refractivity contribution is 0.0720. The number of hydrogen-bond donors (Lipinski definition) is 3. The van der Waals surface area contributed by atoms with E-state index < -0.39 is 29.3 Å². The molecule has 1 amide bonds. The van der Waals surface area contributed by atoms with E-state index in [2.05, 4.69) is 10.5 Å². The molecule has 0 saturated carbocycles. The molecular weight excluding hydrogens is 480 g/mol. The van der Waals surface area contributed by atoms with Gasteiger partial charge in [0, 0.05) is 44.6 Å². The third-order valence-electron chi connectivity index (χ3n) is 5.56. The van der Waals surface area contributed by atoms with E-state index in [0.29, 0.717) is 30.0 Å². The van der Waals surface area contributed by atoms with Gasteiger partial charge in [-0.3, -0.25) is 20.4 Å². The van der Waals surface area contributed by atoms with E-state index in [1.165, 1.54) is 31.3 Å². The largest absolute Gasteiger partial charge is 0.329 e. The van der Waals surface area contributed by atoms with Crippen LogP contribution in [0, 0.1) is 22.5 Å². The van der Waals surface area contributed by atoms with Gasteiger partial charge >= 0.3 is 5.92 Å². The van der Waals surface area contributed by atoms with Gasteiger partial charge in [0.2, 0.25) is 0 Å². The topological polar surface area (TPSA) is 113 Å². The standard InChI is InChI=1S/C24H24F4N6O2/c1-24(27,28)23(30)34-8-7-33(12-21(34)29)22(36)18-9-14(3-6-19(18)26)10-20(32-31-2)17-5-4-16(25)11-15(17)13-35/h3-6,9,11,13,29-31H,7-8,10,12H2,1-2H3/b29-21?,30-23?,32-20-. The normalized spacial score (nSPS) is 14.6. The lowest BCUT2D eigenvalue weighted by Crippen LogP contribution is -2.56. The summed E-state index contributed by atoms with van der Waals surface area (Å²) in [4.78, 5) is 26.5. The van der Waals surface area contributed by atoms with Crippen LogP contribution in [0.5, 0.6) is 0 Å². The van der Waals surface area contributed by atoms with Crippen LogP contribution in [0.15, 0.2) is 41.5 Å². The minimum atomic E-state index is -3.44. The number of carbonyl (C=O) groups excluding carboxylic acids is 2. The number of aldehydes is 1. The van der Waals surface area contributed by atoms with Crippen molar-refractivity contribution >= 4 is 29.6 Å². The molecule has 0 unspecified atom stereocenters. The molecule has 1 aliphatic heterocycles. The third kappa shape index (κ3) is 5.75. The fraction of sp³-hybridized carbons (Fsp3) is 0.292. The Balaban J connectivity index is 1.84. The van der Waals surface area contributed by atoms with Crippen molar-refractivity contribution in [2.75, 3.05) is 26.7 Å². The molecule has 0 radical (unpaired) electrons. The molecule has 190 valence electrons. The quantitative estimate of drug-likeness (QED) is 0.177. The van der Waals surface area contributed by atoms with Crippen molar-refractivity contribution < 1.29 is 27.2 Å². The molecule has 3 rings (SSSR count). The summed E-state index contributed by atoms with van der Waals surface area (Å²) >= 11 is 0. The zero-order valence-corrected chi connectivity index (χ0v) is 19.5. The van der Waals surface area contributed by atoms with Gasteiger partial charge in [-0.05, 0) is 35.9 Å². The number of rotatable bonds is 7. The van der Waals surface area contributed by atoms with Crippen LogP contribution >= 0.6 is 0 Å². The number of nitrogens with one attached hydrogen (secondary N) is 3. The van der Waals surface area contributed by atoms with Crippen LogP contribution in [0.2, 0.25) is 0 Å². The van der Waals surface area contributed by atoms with E-state index in [1.54, 1.807) is 0 Å². The Morgan fingerprint density at radius 2 is 1.89 bits per heavy atom. The number of amidine groups is 2. The van der Waals surface area contributed by atoms with Crippen LogP contribution in [0.3, 0.4) is 0 Å². The van der Waals surface area contributed by atoms with Gasteiger partial charge in [-0.25, -0.2) is 8.78 Å². The molecule has 0 aliphatic carbocycles. The molecule has 0 spiro atoms. The predicted molar refractivity (Wildman–Crippen MR) is 126 cm³/mol. The Labute approximate surface area is 204 Å². The second-order valence-corrected chi connectivity index (χ2v) is 8.18. The predicted octanol–water partition coefficient (Wildman–Crippen LogP) is 3.31. The first-order chi connectivity index (χ1) is 17.0. The summed E-state index contributed by atoms with van der Waals surface area (Å²) in [5, 5.41) is 19.8. The summed E-state index contributed by atoms with van der Waals surface area (Å²) in [6, 6.07) is 7.48. The molecule has 0 bridgehead atoms. The SMILES string of the molecule is CN/N=C(/Cc1ccc(F)c(C(=O)N2CCN(C(=N)C(C)(F)F)C(=N)C2)c1)c1ccc(F)cc1C=O. The second kappa shape index (κ2) is 10.7. The lowest BCUT2D eigenvalue weighted by atomic mass is 9.97. The van der Waals surface area contributed by atoms with E-state index >= 15 is 0 Å². The molecular formula is C24H24F4N6O2. The number of hydrazone groups is 1. The van der Waals surface area contributed by atoms with Crippen LogP contribution in [-0.2, 0) is 6.42 Å². The molecule has 0 aromatic heterocycles. The molecule has 2 aromatic rings. The summed E-state index contributed by atoms with van der Waals surface area (Å²) in [7, 11) is 1.53. The Morgan fingerprint density at radius 3 is 2.50 bits per heavy atom.